The molecule has 0 bridgehead atoms. The summed E-state index contributed by atoms with van der Waals surface area (Å²) >= 11 is 0. The summed E-state index contributed by atoms with van der Waals surface area (Å²) in [5.41, 5.74) is -0.278. The summed E-state index contributed by atoms with van der Waals surface area (Å²) in [6.45, 7) is 13.0. The van der Waals surface area contributed by atoms with Crippen LogP contribution in [0.5, 0.6) is 0 Å². The minimum absolute atomic E-state index is 0.278. The number of nitrogens with zero attached hydrogens (tertiary/aromatic N) is 1. The van der Waals surface area contributed by atoms with Crippen LogP contribution in [0, 0.1) is 5.92 Å². The van der Waals surface area contributed by atoms with Crippen molar-refractivity contribution < 1.29 is 9.22 Å². The van der Waals surface area contributed by atoms with E-state index in [1.807, 2.05) is 0 Å². The number of hydrogen-bond acceptors (Lipinski definition) is 2. The van der Waals surface area contributed by atoms with Gasteiger partial charge in [-0.2, -0.15) is 0 Å². The molecule has 1 aliphatic carbocycles. The van der Waals surface area contributed by atoms with Gasteiger partial charge in [-0.3, -0.25) is 4.79 Å². The van der Waals surface area contributed by atoms with Gasteiger partial charge in [-0.05, 0) is 49.7 Å². The first kappa shape index (κ1) is 20.7. The zero-order valence-corrected chi connectivity index (χ0v) is 17.8. The average Bonchev–Trinajstić information content (AvgIpc) is 3.12. The van der Waals surface area contributed by atoms with Crippen molar-refractivity contribution in [1.82, 2.24) is 4.90 Å². The second-order valence-electron chi connectivity index (χ2n) is 8.09. The summed E-state index contributed by atoms with van der Waals surface area (Å²) in [5, 5.41) is 0. The molecule has 1 saturated carbocycles. The van der Waals surface area contributed by atoms with Crippen molar-refractivity contribution in [2.75, 3.05) is 13.1 Å². The molecule has 0 aromatic rings. The van der Waals surface area contributed by atoms with Crippen molar-refractivity contribution in [3.8, 4) is 0 Å². The molecule has 0 unspecified atom stereocenters. The van der Waals surface area contributed by atoms with Crippen LogP contribution in [0.2, 0.25) is 18.1 Å². The molecule has 3 nitrogen and oxygen atoms in total. The van der Waals surface area contributed by atoms with E-state index in [1.54, 1.807) is 0 Å². The van der Waals surface area contributed by atoms with Gasteiger partial charge in [-0.15, -0.1) is 6.58 Å². The Morgan fingerprint density at radius 1 is 1.12 bits per heavy atom. The Hall–Kier alpha value is -0.613. The Kier molecular flexibility index (Phi) is 7.75. The maximum atomic E-state index is 12.9. The first-order valence-electron chi connectivity index (χ1n) is 10.7. The SMILES string of the molecule is C=C[C@@]1(O[Si](CC)(CC)CC)CCCCC[C@@H]1CC(=O)N1CCCC1. The van der Waals surface area contributed by atoms with Gasteiger partial charge in [0.05, 0.1) is 5.60 Å². The maximum absolute atomic E-state index is 12.9. The first-order valence-corrected chi connectivity index (χ1v) is 13.2. The number of carbonyl (C=O) groups is 1. The number of carbonyl (C=O) groups excluding carboxylic acids is 1. The fraction of sp³-hybridized carbons (Fsp3) is 0.857. The van der Waals surface area contributed by atoms with Crippen LogP contribution in [0.15, 0.2) is 12.7 Å². The van der Waals surface area contributed by atoms with Crippen molar-refractivity contribution in [3.05, 3.63) is 12.7 Å². The molecule has 2 fully saturated rings. The van der Waals surface area contributed by atoms with E-state index < -0.39 is 8.32 Å². The number of amides is 1. The molecule has 1 saturated heterocycles. The summed E-state index contributed by atoms with van der Waals surface area (Å²) in [6, 6.07) is 3.47. The molecule has 0 aromatic carbocycles. The Bertz CT molecular complexity index is 435. The molecule has 1 heterocycles. The summed E-state index contributed by atoms with van der Waals surface area (Å²) in [6.07, 6.45) is 10.9. The fourth-order valence-corrected chi connectivity index (χ4v) is 7.90. The molecule has 25 heavy (non-hydrogen) atoms. The van der Waals surface area contributed by atoms with Crippen LogP contribution in [0.3, 0.4) is 0 Å². The average molecular weight is 366 g/mol. The lowest BCUT2D eigenvalue weighted by molar-refractivity contribution is -0.133. The summed E-state index contributed by atoms with van der Waals surface area (Å²) in [4.78, 5) is 14.9. The number of rotatable bonds is 8. The molecule has 0 radical (unpaired) electrons. The first-order chi connectivity index (χ1) is 12.0. The third-order valence-corrected chi connectivity index (χ3v) is 11.6. The van der Waals surface area contributed by atoms with Crippen LogP contribution >= 0.6 is 0 Å². The normalized spacial score (nSPS) is 28.0. The molecule has 2 atom stereocenters. The molecule has 0 spiro atoms. The van der Waals surface area contributed by atoms with Gasteiger partial charge >= 0.3 is 0 Å². The molecular weight excluding hydrogens is 326 g/mol. The van der Waals surface area contributed by atoms with Crippen molar-refractivity contribution in [3.63, 3.8) is 0 Å². The minimum atomic E-state index is -1.74. The van der Waals surface area contributed by atoms with E-state index in [2.05, 4.69) is 38.3 Å². The van der Waals surface area contributed by atoms with Gasteiger partial charge in [0.15, 0.2) is 8.32 Å². The minimum Gasteiger partial charge on any atom is -0.408 e. The molecule has 0 N–H and O–H groups in total. The topological polar surface area (TPSA) is 29.5 Å². The molecule has 1 aliphatic heterocycles. The van der Waals surface area contributed by atoms with Crippen LogP contribution < -0.4 is 0 Å². The monoisotopic (exact) mass is 365 g/mol. The van der Waals surface area contributed by atoms with Gasteiger partial charge in [0, 0.05) is 19.5 Å². The largest absolute Gasteiger partial charge is 0.408 e. The van der Waals surface area contributed by atoms with E-state index in [0.717, 1.165) is 56.9 Å². The van der Waals surface area contributed by atoms with Crippen LogP contribution in [0.4, 0.5) is 0 Å². The smallest absolute Gasteiger partial charge is 0.222 e. The highest BCUT2D eigenvalue weighted by Gasteiger charge is 2.45. The lowest BCUT2D eigenvalue weighted by Gasteiger charge is -2.45. The van der Waals surface area contributed by atoms with Crippen molar-refractivity contribution in [2.45, 2.75) is 95.9 Å². The molecular formula is C21H39NO2Si. The predicted octanol–water partition coefficient (Wildman–Crippen LogP) is 5.53. The number of likely N-dealkylation sites (tertiary alicyclic amines) is 1. The van der Waals surface area contributed by atoms with E-state index in [0.29, 0.717) is 18.2 Å². The number of hydrogen-bond donors (Lipinski definition) is 0. The Morgan fingerprint density at radius 2 is 1.76 bits per heavy atom. The Balaban J connectivity index is 2.22. The highest BCUT2D eigenvalue weighted by Crippen LogP contribution is 2.43. The van der Waals surface area contributed by atoms with E-state index in [-0.39, 0.29) is 5.60 Å². The van der Waals surface area contributed by atoms with E-state index in [4.69, 9.17) is 4.43 Å². The molecule has 4 heteroatoms. The summed E-state index contributed by atoms with van der Waals surface area (Å²) < 4.78 is 7.07. The van der Waals surface area contributed by atoms with E-state index in [1.165, 1.54) is 19.3 Å². The van der Waals surface area contributed by atoms with Crippen molar-refractivity contribution in [1.29, 1.82) is 0 Å². The van der Waals surface area contributed by atoms with E-state index >= 15 is 0 Å². The van der Waals surface area contributed by atoms with Gasteiger partial charge in [-0.1, -0.05) is 46.1 Å². The molecule has 1 amide bonds. The highest BCUT2D eigenvalue weighted by molar-refractivity contribution is 6.73. The van der Waals surface area contributed by atoms with Gasteiger partial charge in [-0.25, -0.2) is 0 Å². The maximum Gasteiger partial charge on any atom is 0.222 e. The van der Waals surface area contributed by atoms with Crippen LogP contribution in [-0.2, 0) is 9.22 Å². The molecule has 2 aliphatic rings. The molecule has 144 valence electrons. The Morgan fingerprint density at radius 3 is 2.32 bits per heavy atom. The van der Waals surface area contributed by atoms with Gasteiger partial charge in [0.2, 0.25) is 5.91 Å². The highest BCUT2D eigenvalue weighted by atomic mass is 28.4. The standard InChI is InChI=1S/C21H39NO2Si/c1-5-21(24-25(6-2,7-3)8-4)15-11-9-10-14-19(21)18-20(23)22-16-12-13-17-22/h5,19H,1,6-18H2,2-4H3/t19-,21-/m1/s1. The third-order valence-electron chi connectivity index (χ3n) is 6.88. The lowest BCUT2D eigenvalue weighted by atomic mass is 9.81. The van der Waals surface area contributed by atoms with Gasteiger partial charge in [0.1, 0.15) is 0 Å². The zero-order chi connectivity index (χ0) is 18.3. The summed E-state index contributed by atoms with van der Waals surface area (Å²) in [5.74, 6) is 0.646. The fourth-order valence-electron chi connectivity index (χ4n) is 4.81. The van der Waals surface area contributed by atoms with Crippen molar-refractivity contribution >= 4 is 14.2 Å². The second kappa shape index (κ2) is 9.36. The third kappa shape index (κ3) is 4.76. The summed E-state index contributed by atoms with van der Waals surface area (Å²) in [7, 11) is -1.74. The quantitative estimate of drug-likeness (QED) is 0.322. The predicted molar refractivity (Wildman–Crippen MR) is 108 cm³/mol. The van der Waals surface area contributed by atoms with Crippen LogP contribution in [-0.4, -0.2) is 37.8 Å². The zero-order valence-electron chi connectivity index (χ0n) is 16.8. The van der Waals surface area contributed by atoms with Gasteiger partial charge < -0.3 is 9.33 Å². The van der Waals surface area contributed by atoms with Crippen LogP contribution in [0.25, 0.3) is 0 Å². The van der Waals surface area contributed by atoms with Crippen molar-refractivity contribution in [2.24, 2.45) is 5.92 Å². The van der Waals surface area contributed by atoms with Gasteiger partial charge in [0.25, 0.3) is 0 Å². The molecule has 0 aromatic heterocycles. The van der Waals surface area contributed by atoms with Crippen LogP contribution in [0.1, 0.15) is 72.1 Å². The Labute approximate surface area is 156 Å². The molecule has 2 rings (SSSR count). The lowest BCUT2D eigenvalue weighted by Crippen LogP contribution is -2.51. The van der Waals surface area contributed by atoms with E-state index in [9.17, 15) is 4.79 Å². The second-order valence-corrected chi connectivity index (χ2v) is 12.8.